The Balaban J connectivity index is 1.64. The normalized spacial score (nSPS) is 15.5. The number of ether oxygens (including phenoxy) is 3. The summed E-state index contributed by atoms with van der Waals surface area (Å²) in [6.45, 7) is 10.9. The van der Waals surface area contributed by atoms with Crippen LogP contribution < -0.4 is 19.5 Å². The molecule has 0 aliphatic heterocycles. The molecular formula is C30H35NO6. The number of furan rings is 1. The number of fused-ring (bicyclic) bond motifs is 1. The Bertz CT molecular complexity index is 1340. The number of hydrogen-bond acceptors (Lipinski definition) is 6. The molecule has 0 atom stereocenters. The first-order chi connectivity index (χ1) is 17.4. The lowest BCUT2D eigenvalue weighted by Gasteiger charge is -2.42. The van der Waals surface area contributed by atoms with Crippen molar-refractivity contribution in [2.24, 2.45) is 0 Å². The molecule has 0 radical (unpaired) electrons. The van der Waals surface area contributed by atoms with Crippen LogP contribution in [0.5, 0.6) is 17.2 Å². The molecule has 0 fully saturated rings. The summed E-state index contributed by atoms with van der Waals surface area (Å²) in [6.07, 6.45) is 2.15. The molecule has 0 saturated heterocycles. The Labute approximate surface area is 218 Å². The lowest BCUT2D eigenvalue weighted by molar-refractivity contribution is 0.0978. The molecule has 0 unspecified atom stereocenters. The van der Waals surface area contributed by atoms with E-state index >= 15 is 0 Å². The first-order valence-electron chi connectivity index (χ1n) is 12.3. The van der Waals surface area contributed by atoms with E-state index in [-0.39, 0.29) is 28.1 Å². The second-order valence-corrected chi connectivity index (χ2v) is 10.8. The summed E-state index contributed by atoms with van der Waals surface area (Å²) in [5.41, 5.74) is 4.32. The van der Waals surface area contributed by atoms with Crippen LogP contribution in [0.2, 0.25) is 0 Å². The molecule has 0 saturated carbocycles. The third-order valence-electron chi connectivity index (χ3n) is 7.45. The predicted octanol–water partition coefficient (Wildman–Crippen LogP) is 6.45. The predicted molar refractivity (Wildman–Crippen MR) is 143 cm³/mol. The first-order valence-corrected chi connectivity index (χ1v) is 12.3. The Morgan fingerprint density at radius 3 is 1.89 bits per heavy atom. The molecule has 0 bridgehead atoms. The van der Waals surface area contributed by atoms with Crippen molar-refractivity contribution in [3.05, 3.63) is 70.2 Å². The van der Waals surface area contributed by atoms with Crippen molar-refractivity contribution in [2.45, 2.75) is 58.3 Å². The van der Waals surface area contributed by atoms with Crippen LogP contribution >= 0.6 is 0 Å². The van der Waals surface area contributed by atoms with Gasteiger partial charge in [0.25, 0.3) is 5.91 Å². The van der Waals surface area contributed by atoms with Crippen LogP contribution in [0.1, 0.15) is 83.9 Å². The zero-order chi connectivity index (χ0) is 27.1. The second-order valence-electron chi connectivity index (χ2n) is 10.8. The summed E-state index contributed by atoms with van der Waals surface area (Å²) in [7, 11) is 4.49. The van der Waals surface area contributed by atoms with Gasteiger partial charge in [-0.1, -0.05) is 33.8 Å². The van der Waals surface area contributed by atoms with Crippen LogP contribution in [0.25, 0.3) is 0 Å². The fourth-order valence-corrected chi connectivity index (χ4v) is 4.99. The summed E-state index contributed by atoms with van der Waals surface area (Å²) in [5.74, 6) is 0.564. The van der Waals surface area contributed by atoms with Gasteiger partial charge in [0.2, 0.25) is 5.78 Å². The van der Waals surface area contributed by atoms with E-state index in [1.54, 1.807) is 12.1 Å². The molecular weight excluding hydrogens is 470 g/mol. The third kappa shape index (κ3) is 4.82. The SMILES string of the molecule is COc1cc(OC)c(NC(=O)c2ccc(C(=O)c3cc4c(cc3C)C(C)(C)CCC4(C)C)o2)c(OC)c1. The number of carbonyl (C=O) groups is 2. The molecule has 1 aliphatic rings. The summed E-state index contributed by atoms with van der Waals surface area (Å²) in [4.78, 5) is 26.5. The maximum absolute atomic E-state index is 13.5. The zero-order valence-electron chi connectivity index (χ0n) is 22.8. The average molecular weight is 506 g/mol. The molecule has 7 heteroatoms. The van der Waals surface area contributed by atoms with E-state index in [0.29, 0.717) is 28.5 Å². The Kier molecular flexibility index (Phi) is 6.84. The molecule has 37 heavy (non-hydrogen) atoms. The van der Waals surface area contributed by atoms with Crippen LogP contribution in [0.4, 0.5) is 5.69 Å². The van der Waals surface area contributed by atoms with E-state index in [1.165, 1.54) is 44.6 Å². The smallest absolute Gasteiger partial charge is 0.291 e. The number of benzene rings is 2. The molecule has 3 aromatic rings. The van der Waals surface area contributed by atoms with Gasteiger partial charge in [0.15, 0.2) is 11.5 Å². The van der Waals surface area contributed by atoms with Crippen molar-refractivity contribution in [1.82, 2.24) is 0 Å². The van der Waals surface area contributed by atoms with Gasteiger partial charge < -0.3 is 23.9 Å². The van der Waals surface area contributed by atoms with Crippen LogP contribution in [0.15, 0.2) is 40.8 Å². The molecule has 7 nitrogen and oxygen atoms in total. The summed E-state index contributed by atoms with van der Waals surface area (Å²) in [5, 5.41) is 2.76. The minimum Gasteiger partial charge on any atom is -0.496 e. The van der Waals surface area contributed by atoms with Crippen molar-refractivity contribution < 1.29 is 28.2 Å². The fraction of sp³-hybridized carbons (Fsp3) is 0.400. The maximum atomic E-state index is 13.5. The van der Waals surface area contributed by atoms with E-state index in [2.05, 4.69) is 39.1 Å². The van der Waals surface area contributed by atoms with Crippen LogP contribution in [0, 0.1) is 6.92 Å². The average Bonchev–Trinajstić information content (AvgIpc) is 3.37. The quantitative estimate of drug-likeness (QED) is 0.372. The van der Waals surface area contributed by atoms with Crippen LogP contribution in [-0.4, -0.2) is 33.0 Å². The Morgan fingerprint density at radius 2 is 1.35 bits per heavy atom. The van der Waals surface area contributed by atoms with Gasteiger partial charge in [0.1, 0.15) is 22.9 Å². The Morgan fingerprint density at radius 1 is 0.811 bits per heavy atom. The van der Waals surface area contributed by atoms with Crippen molar-refractivity contribution in [3.8, 4) is 17.2 Å². The monoisotopic (exact) mass is 505 g/mol. The highest BCUT2D eigenvalue weighted by atomic mass is 16.5. The number of anilines is 1. The molecule has 0 spiro atoms. The number of ketones is 1. The molecule has 1 aromatic heterocycles. The topological polar surface area (TPSA) is 87.0 Å². The summed E-state index contributed by atoms with van der Waals surface area (Å²) in [6, 6.07) is 10.5. The summed E-state index contributed by atoms with van der Waals surface area (Å²) < 4.78 is 21.8. The minimum absolute atomic E-state index is 0.000324. The number of rotatable bonds is 7. The standard InChI is InChI=1S/C30H35NO6/c1-17-13-20-21(30(4,5)12-11-29(20,2)3)16-19(17)27(32)22-9-10-23(37-22)28(33)31-26-24(35-7)14-18(34-6)15-25(26)36-8/h9-10,13-16H,11-12H2,1-8H3,(H,31,33). The van der Waals surface area contributed by atoms with Gasteiger partial charge in [-0.25, -0.2) is 0 Å². The van der Waals surface area contributed by atoms with E-state index < -0.39 is 5.91 Å². The number of hydrogen-bond donors (Lipinski definition) is 1. The number of methoxy groups -OCH3 is 3. The van der Waals surface area contributed by atoms with E-state index in [9.17, 15) is 9.59 Å². The molecule has 1 N–H and O–H groups in total. The van der Waals surface area contributed by atoms with Gasteiger partial charge in [0, 0.05) is 17.7 Å². The van der Waals surface area contributed by atoms with Gasteiger partial charge in [-0.3, -0.25) is 9.59 Å². The maximum Gasteiger partial charge on any atom is 0.291 e. The van der Waals surface area contributed by atoms with Crippen molar-refractivity contribution in [3.63, 3.8) is 0 Å². The number of nitrogens with one attached hydrogen (secondary N) is 1. The van der Waals surface area contributed by atoms with E-state index in [0.717, 1.165) is 18.4 Å². The summed E-state index contributed by atoms with van der Waals surface area (Å²) >= 11 is 0. The van der Waals surface area contributed by atoms with Crippen molar-refractivity contribution in [1.29, 1.82) is 0 Å². The van der Waals surface area contributed by atoms with Gasteiger partial charge in [-0.15, -0.1) is 0 Å². The van der Waals surface area contributed by atoms with E-state index in [4.69, 9.17) is 18.6 Å². The van der Waals surface area contributed by atoms with Gasteiger partial charge >= 0.3 is 0 Å². The van der Waals surface area contributed by atoms with Gasteiger partial charge in [-0.2, -0.15) is 0 Å². The second kappa shape index (κ2) is 9.61. The molecule has 196 valence electrons. The molecule has 1 heterocycles. The molecule has 1 aliphatic carbocycles. The number of amides is 1. The van der Waals surface area contributed by atoms with Crippen LogP contribution in [0.3, 0.4) is 0 Å². The van der Waals surface area contributed by atoms with Crippen molar-refractivity contribution >= 4 is 17.4 Å². The van der Waals surface area contributed by atoms with E-state index in [1.807, 2.05) is 13.0 Å². The molecule has 1 amide bonds. The highest BCUT2D eigenvalue weighted by molar-refractivity contribution is 6.10. The third-order valence-corrected chi connectivity index (χ3v) is 7.45. The Hall–Kier alpha value is -3.74. The number of carbonyl (C=O) groups excluding carboxylic acids is 2. The van der Waals surface area contributed by atoms with Crippen molar-refractivity contribution in [2.75, 3.05) is 26.6 Å². The van der Waals surface area contributed by atoms with Gasteiger partial charge in [0.05, 0.1) is 21.3 Å². The highest BCUT2D eigenvalue weighted by Gasteiger charge is 2.38. The zero-order valence-corrected chi connectivity index (χ0v) is 22.8. The molecule has 4 rings (SSSR count). The highest BCUT2D eigenvalue weighted by Crippen LogP contribution is 2.46. The lowest BCUT2D eigenvalue weighted by atomic mass is 9.62. The minimum atomic E-state index is -0.536. The largest absolute Gasteiger partial charge is 0.496 e. The molecule has 2 aromatic carbocycles. The fourth-order valence-electron chi connectivity index (χ4n) is 4.99. The number of aryl methyl sites for hydroxylation is 1. The van der Waals surface area contributed by atoms with Crippen LogP contribution in [-0.2, 0) is 10.8 Å². The lowest BCUT2D eigenvalue weighted by Crippen LogP contribution is -2.34. The van der Waals surface area contributed by atoms with Gasteiger partial charge in [-0.05, 0) is 65.5 Å². The first kappa shape index (κ1) is 26.3.